The van der Waals surface area contributed by atoms with Gasteiger partial charge in [-0.3, -0.25) is 4.99 Å². The van der Waals surface area contributed by atoms with Crippen LogP contribution in [0.2, 0.25) is 0 Å². The van der Waals surface area contributed by atoms with Crippen LogP contribution in [0.3, 0.4) is 0 Å². The van der Waals surface area contributed by atoms with Crippen LogP contribution in [0.1, 0.15) is 38.8 Å². The molecule has 18 heavy (non-hydrogen) atoms. The Labute approximate surface area is 108 Å². The van der Waals surface area contributed by atoms with Gasteiger partial charge in [-0.25, -0.2) is 0 Å². The Balaban J connectivity index is 1.99. The van der Waals surface area contributed by atoms with Crippen molar-refractivity contribution in [2.75, 3.05) is 0 Å². The molecule has 1 saturated heterocycles. The summed E-state index contributed by atoms with van der Waals surface area (Å²) in [7, 11) is -0.297. The van der Waals surface area contributed by atoms with Crippen molar-refractivity contribution in [1.29, 1.82) is 0 Å². The number of hydrogen-bond donors (Lipinski definition) is 0. The summed E-state index contributed by atoms with van der Waals surface area (Å²) < 4.78 is 12.2. The molecule has 1 aromatic rings. The van der Waals surface area contributed by atoms with Gasteiger partial charge in [0, 0.05) is 6.21 Å². The summed E-state index contributed by atoms with van der Waals surface area (Å²) >= 11 is 0. The fourth-order valence-corrected chi connectivity index (χ4v) is 2.34. The maximum Gasteiger partial charge on any atom is 0.495 e. The first-order valence-corrected chi connectivity index (χ1v) is 6.38. The fraction of sp³-hybridized carbons (Fsp3) is 0.500. The van der Waals surface area contributed by atoms with Crippen LogP contribution < -0.4 is 5.46 Å². The SMILES string of the molecule is CC1(C)OB(c2cccc3c2C=NC3)OC1(C)C. The lowest BCUT2D eigenvalue weighted by molar-refractivity contribution is 0.00578. The zero-order valence-corrected chi connectivity index (χ0v) is 11.4. The molecule has 2 aliphatic heterocycles. The molecule has 0 spiro atoms. The second-order valence-corrected chi connectivity index (χ2v) is 5.98. The molecule has 2 heterocycles. The van der Waals surface area contributed by atoms with Gasteiger partial charge in [0.25, 0.3) is 0 Å². The van der Waals surface area contributed by atoms with E-state index in [1.165, 1.54) is 5.56 Å². The Morgan fingerprint density at radius 2 is 1.78 bits per heavy atom. The van der Waals surface area contributed by atoms with Gasteiger partial charge in [-0.15, -0.1) is 0 Å². The number of aliphatic imine (C=N–C) groups is 1. The van der Waals surface area contributed by atoms with Crippen molar-refractivity contribution in [2.45, 2.75) is 45.4 Å². The number of hydrogen-bond acceptors (Lipinski definition) is 3. The minimum Gasteiger partial charge on any atom is -0.399 e. The summed E-state index contributed by atoms with van der Waals surface area (Å²) in [6.45, 7) is 9.06. The van der Waals surface area contributed by atoms with Gasteiger partial charge in [0.15, 0.2) is 0 Å². The molecule has 0 unspecified atom stereocenters. The molecule has 4 heteroatoms. The van der Waals surface area contributed by atoms with Gasteiger partial charge in [0.05, 0.1) is 17.7 Å². The highest BCUT2D eigenvalue weighted by Crippen LogP contribution is 2.36. The molecule has 0 saturated carbocycles. The maximum atomic E-state index is 6.09. The molecule has 94 valence electrons. The smallest absolute Gasteiger partial charge is 0.399 e. The molecule has 2 aliphatic rings. The summed E-state index contributed by atoms with van der Waals surface area (Å²) in [5.74, 6) is 0. The second-order valence-electron chi connectivity index (χ2n) is 5.98. The highest BCUT2D eigenvalue weighted by molar-refractivity contribution is 6.63. The minimum absolute atomic E-state index is 0.295. The molecular weight excluding hydrogens is 225 g/mol. The first-order valence-electron chi connectivity index (χ1n) is 6.38. The summed E-state index contributed by atoms with van der Waals surface area (Å²) in [4.78, 5) is 4.32. The average Bonchev–Trinajstić information content (AvgIpc) is 2.81. The van der Waals surface area contributed by atoms with E-state index in [4.69, 9.17) is 9.31 Å². The van der Waals surface area contributed by atoms with Gasteiger partial charge in [-0.2, -0.15) is 0 Å². The van der Waals surface area contributed by atoms with E-state index in [0.717, 1.165) is 17.6 Å². The second kappa shape index (κ2) is 3.68. The van der Waals surface area contributed by atoms with Crippen LogP contribution in [-0.2, 0) is 15.9 Å². The molecular formula is C14H18BNO2. The van der Waals surface area contributed by atoms with Crippen LogP contribution in [0.15, 0.2) is 23.2 Å². The van der Waals surface area contributed by atoms with Gasteiger partial charge in [-0.1, -0.05) is 18.2 Å². The van der Waals surface area contributed by atoms with Crippen molar-refractivity contribution < 1.29 is 9.31 Å². The van der Waals surface area contributed by atoms with E-state index in [0.29, 0.717) is 0 Å². The number of rotatable bonds is 1. The summed E-state index contributed by atoms with van der Waals surface area (Å²) in [5.41, 5.74) is 2.91. The highest BCUT2D eigenvalue weighted by atomic mass is 16.7. The molecule has 1 fully saturated rings. The van der Waals surface area contributed by atoms with Crippen molar-refractivity contribution in [3.63, 3.8) is 0 Å². The van der Waals surface area contributed by atoms with E-state index >= 15 is 0 Å². The third-order valence-electron chi connectivity index (χ3n) is 4.22. The molecule has 0 N–H and O–H groups in total. The van der Waals surface area contributed by atoms with Crippen molar-refractivity contribution in [3.05, 3.63) is 29.3 Å². The van der Waals surface area contributed by atoms with E-state index in [2.05, 4.69) is 44.8 Å². The normalized spacial score (nSPS) is 23.4. The molecule has 0 atom stereocenters. The number of nitrogens with zero attached hydrogens (tertiary/aromatic N) is 1. The van der Waals surface area contributed by atoms with Crippen LogP contribution in [-0.4, -0.2) is 24.5 Å². The summed E-state index contributed by atoms with van der Waals surface area (Å²) in [6.07, 6.45) is 1.93. The maximum absolute atomic E-state index is 6.09. The molecule has 3 rings (SSSR count). The molecule has 0 aliphatic carbocycles. The molecule has 0 amide bonds. The minimum atomic E-state index is -0.297. The highest BCUT2D eigenvalue weighted by Gasteiger charge is 2.52. The fourth-order valence-electron chi connectivity index (χ4n) is 2.34. The predicted octanol–water partition coefficient (Wildman–Crippen LogP) is 1.92. The van der Waals surface area contributed by atoms with E-state index in [1.807, 2.05) is 12.3 Å². The first kappa shape index (κ1) is 11.9. The lowest BCUT2D eigenvalue weighted by atomic mass is 9.75. The third kappa shape index (κ3) is 1.63. The Kier molecular flexibility index (Phi) is 2.44. The largest absolute Gasteiger partial charge is 0.495 e. The quantitative estimate of drug-likeness (QED) is 0.705. The van der Waals surface area contributed by atoms with Gasteiger partial charge < -0.3 is 9.31 Å². The van der Waals surface area contributed by atoms with E-state index in [9.17, 15) is 0 Å². The Bertz CT molecular complexity index is 507. The van der Waals surface area contributed by atoms with Crippen LogP contribution in [0.5, 0.6) is 0 Å². The topological polar surface area (TPSA) is 30.8 Å². The standard InChI is InChI=1S/C14H18BNO2/c1-13(2)14(3,4)18-15(17-13)12-7-5-6-10-8-16-9-11(10)12/h5-7,9H,8H2,1-4H3. The number of benzene rings is 1. The zero-order chi connectivity index (χ0) is 13.0. The average molecular weight is 243 g/mol. The predicted molar refractivity (Wildman–Crippen MR) is 73.5 cm³/mol. The van der Waals surface area contributed by atoms with Crippen molar-refractivity contribution >= 4 is 18.8 Å². The molecule has 3 nitrogen and oxygen atoms in total. The van der Waals surface area contributed by atoms with Crippen molar-refractivity contribution in [1.82, 2.24) is 0 Å². The summed E-state index contributed by atoms with van der Waals surface area (Å²) in [5, 5.41) is 0. The van der Waals surface area contributed by atoms with Crippen LogP contribution in [0, 0.1) is 0 Å². The Morgan fingerprint density at radius 3 is 2.44 bits per heavy atom. The van der Waals surface area contributed by atoms with Crippen molar-refractivity contribution in [3.8, 4) is 0 Å². The third-order valence-corrected chi connectivity index (χ3v) is 4.22. The van der Waals surface area contributed by atoms with Crippen LogP contribution >= 0.6 is 0 Å². The molecule has 1 aromatic carbocycles. The molecule has 0 radical (unpaired) electrons. The summed E-state index contributed by atoms with van der Waals surface area (Å²) in [6, 6.07) is 6.23. The molecule has 0 aromatic heterocycles. The van der Waals surface area contributed by atoms with Gasteiger partial charge in [0.1, 0.15) is 0 Å². The van der Waals surface area contributed by atoms with E-state index in [1.54, 1.807) is 0 Å². The van der Waals surface area contributed by atoms with Crippen LogP contribution in [0.4, 0.5) is 0 Å². The lowest BCUT2D eigenvalue weighted by Crippen LogP contribution is -2.41. The zero-order valence-electron chi connectivity index (χ0n) is 11.4. The van der Waals surface area contributed by atoms with Gasteiger partial charge in [-0.05, 0) is 44.3 Å². The van der Waals surface area contributed by atoms with Gasteiger partial charge >= 0.3 is 7.12 Å². The Hall–Kier alpha value is -1.13. The monoisotopic (exact) mass is 243 g/mol. The number of fused-ring (bicyclic) bond motifs is 1. The van der Waals surface area contributed by atoms with Crippen LogP contribution in [0.25, 0.3) is 0 Å². The Morgan fingerprint density at radius 1 is 1.11 bits per heavy atom. The lowest BCUT2D eigenvalue weighted by Gasteiger charge is -2.32. The van der Waals surface area contributed by atoms with E-state index in [-0.39, 0.29) is 18.3 Å². The van der Waals surface area contributed by atoms with Crippen molar-refractivity contribution in [2.24, 2.45) is 4.99 Å². The first-order chi connectivity index (χ1) is 8.41. The van der Waals surface area contributed by atoms with Gasteiger partial charge in [0.2, 0.25) is 0 Å². The van der Waals surface area contributed by atoms with E-state index < -0.39 is 0 Å². The molecule has 0 bridgehead atoms.